The second-order valence-electron chi connectivity index (χ2n) is 9.16. The highest BCUT2D eigenvalue weighted by atomic mass is 16.4. The molecule has 1 aromatic heterocycles. The molecule has 1 aliphatic rings. The molecule has 0 saturated heterocycles. The van der Waals surface area contributed by atoms with Crippen LogP contribution in [0.1, 0.15) is 67.1 Å². The quantitative estimate of drug-likeness (QED) is 0.451. The number of ketones is 1. The van der Waals surface area contributed by atoms with Crippen molar-refractivity contribution in [2.24, 2.45) is 13.0 Å². The summed E-state index contributed by atoms with van der Waals surface area (Å²) in [6, 6.07) is 7.21. The van der Waals surface area contributed by atoms with Gasteiger partial charge in [-0.15, -0.1) is 0 Å². The molecule has 9 heteroatoms. The van der Waals surface area contributed by atoms with Crippen LogP contribution in [0.5, 0.6) is 0 Å². The van der Waals surface area contributed by atoms with Gasteiger partial charge in [0.25, 0.3) is 5.91 Å². The summed E-state index contributed by atoms with van der Waals surface area (Å²) in [5.41, 5.74) is 1.95. The lowest BCUT2D eigenvalue weighted by atomic mass is 9.81. The van der Waals surface area contributed by atoms with Gasteiger partial charge in [-0.3, -0.25) is 19.1 Å². The molecule has 1 aliphatic carbocycles. The number of aromatic nitrogens is 2. The zero-order chi connectivity index (χ0) is 25.4. The van der Waals surface area contributed by atoms with Crippen LogP contribution >= 0.6 is 0 Å². The van der Waals surface area contributed by atoms with Crippen LogP contribution in [-0.2, 0) is 34.3 Å². The number of benzene rings is 1. The van der Waals surface area contributed by atoms with Gasteiger partial charge in [-0.2, -0.15) is 5.10 Å². The Hall–Kier alpha value is -3.49. The number of hydrogen-bond acceptors (Lipinski definition) is 5. The number of carbonyl (C=O) groups is 4. The van der Waals surface area contributed by atoms with Gasteiger partial charge in [0, 0.05) is 32.5 Å². The highest BCUT2D eigenvalue weighted by Crippen LogP contribution is 2.28. The van der Waals surface area contributed by atoms with E-state index in [0.29, 0.717) is 5.69 Å². The Kier molecular flexibility index (Phi) is 9.17. The molecule has 0 spiro atoms. The molecule has 1 aromatic carbocycles. The molecule has 3 N–H and O–H groups in total. The minimum absolute atomic E-state index is 0.0428. The maximum atomic E-state index is 13.3. The summed E-state index contributed by atoms with van der Waals surface area (Å²) in [5.74, 6) is -1.66. The van der Waals surface area contributed by atoms with Gasteiger partial charge in [0.2, 0.25) is 5.91 Å². The third kappa shape index (κ3) is 7.24. The van der Waals surface area contributed by atoms with Crippen LogP contribution in [-0.4, -0.2) is 50.5 Å². The number of rotatable bonds is 11. The van der Waals surface area contributed by atoms with E-state index in [-0.39, 0.29) is 42.8 Å². The zero-order valence-electron chi connectivity index (χ0n) is 20.3. The number of hydrogen-bond donors (Lipinski definition) is 3. The van der Waals surface area contributed by atoms with Crippen LogP contribution < -0.4 is 10.6 Å². The van der Waals surface area contributed by atoms with Gasteiger partial charge in [0.15, 0.2) is 5.78 Å². The molecular weight excluding hydrogens is 448 g/mol. The van der Waals surface area contributed by atoms with Crippen LogP contribution in [0.25, 0.3) is 0 Å². The van der Waals surface area contributed by atoms with Crippen molar-refractivity contribution >= 4 is 23.6 Å². The van der Waals surface area contributed by atoms with Crippen molar-refractivity contribution in [1.82, 2.24) is 20.4 Å². The summed E-state index contributed by atoms with van der Waals surface area (Å²) in [6.07, 6.45) is 7.13. The molecule has 0 radical (unpaired) electrons. The first kappa shape index (κ1) is 26.1. The highest BCUT2D eigenvalue weighted by molar-refractivity contribution is 5.97. The van der Waals surface area contributed by atoms with Gasteiger partial charge in [0.05, 0.1) is 6.04 Å². The molecule has 1 saturated carbocycles. The summed E-state index contributed by atoms with van der Waals surface area (Å²) in [4.78, 5) is 49.3. The fourth-order valence-corrected chi connectivity index (χ4v) is 4.58. The fraction of sp³-hybridized carbons (Fsp3) is 0.500. The van der Waals surface area contributed by atoms with Gasteiger partial charge in [-0.25, -0.2) is 4.79 Å². The Balaban J connectivity index is 1.68. The van der Waals surface area contributed by atoms with Gasteiger partial charge >= 0.3 is 5.97 Å². The van der Waals surface area contributed by atoms with E-state index in [1.807, 2.05) is 0 Å². The van der Waals surface area contributed by atoms with E-state index in [4.69, 9.17) is 0 Å². The van der Waals surface area contributed by atoms with E-state index >= 15 is 0 Å². The van der Waals surface area contributed by atoms with Crippen LogP contribution in [0.2, 0.25) is 0 Å². The monoisotopic (exact) mass is 482 g/mol. The Morgan fingerprint density at radius 3 is 2.26 bits per heavy atom. The number of carboxylic acids is 1. The lowest BCUT2D eigenvalue weighted by Gasteiger charge is -2.30. The molecular formula is C26H34N4O5. The standard InChI is InChI=1S/C26H34N4O5/c1-3-23(32)28-20(26(34)35)15-17-9-11-18(12-10-17)16-22(31)24(19-7-5-4-6-8-19)29-25(33)21-13-14-27-30(21)2/h9-14,19-20,24H,3-8,15-16H2,1-2H3,(H,28,32)(H,29,33)(H,34,35)/t20-,24+/m1/s1. The van der Waals surface area contributed by atoms with Crippen molar-refractivity contribution in [1.29, 1.82) is 0 Å². The lowest BCUT2D eigenvalue weighted by Crippen LogP contribution is -2.47. The topological polar surface area (TPSA) is 130 Å². The molecule has 0 unspecified atom stereocenters. The summed E-state index contributed by atoms with van der Waals surface area (Å²) < 4.78 is 1.49. The third-order valence-electron chi connectivity index (χ3n) is 6.60. The number of nitrogens with one attached hydrogen (secondary N) is 2. The van der Waals surface area contributed by atoms with Crippen molar-refractivity contribution in [3.8, 4) is 0 Å². The van der Waals surface area contributed by atoms with Crippen molar-refractivity contribution in [3.63, 3.8) is 0 Å². The Morgan fingerprint density at radius 2 is 1.69 bits per heavy atom. The van der Waals surface area contributed by atoms with E-state index < -0.39 is 18.1 Å². The van der Waals surface area contributed by atoms with E-state index in [2.05, 4.69) is 15.7 Å². The molecule has 0 aliphatic heterocycles. The van der Waals surface area contributed by atoms with E-state index in [0.717, 1.165) is 43.2 Å². The first-order chi connectivity index (χ1) is 16.8. The summed E-state index contributed by atoms with van der Waals surface area (Å²) in [6.45, 7) is 1.67. The molecule has 35 heavy (non-hydrogen) atoms. The third-order valence-corrected chi connectivity index (χ3v) is 6.60. The molecule has 2 amide bonds. The molecule has 2 aromatic rings. The van der Waals surface area contributed by atoms with Crippen molar-refractivity contribution in [2.45, 2.75) is 70.4 Å². The normalized spacial score (nSPS) is 15.7. The van der Waals surface area contributed by atoms with Gasteiger partial charge in [-0.05, 0) is 36.0 Å². The number of carbonyl (C=O) groups excluding carboxylic acids is 3. The Bertz CT molecular complexity index is 1040. The molecule has 9 nitrogen and oxygen atoms in total. The SMILES string of the molecule is CCC(=O)N[C@H](Cc1ccc(CC(=O)[C@@H](NC(=O)c2ccnn2C)C2CCCCC2)cc1)C(=O)O. The minimum atomic E-state index is -1.09. The van der Waals surface area contributed by atoms with Crippen LogP contribution in [0.15, 0.2) is 36.5 Å². The molecule has 1 fully saturated rings. The lowest BCUT2D eigenvalue weighted by molar-refractivity contribution is -0.141. The van der Waals surface area contributed by atoms with Gasteiger partial charge in [-0.1, -0.05) is 50.5 Å². The number of carboxylic acid groups (broad SMARTS) is 1. The number of aliphatic carboxylic acids is 1. The van der Waals surface area contributed by atoms with Crippen molar-refractivity contribution in [2.75, 3.05) is 0 Å². The number of Topliss-reactive ketones (excluding diaryl/α,β-unsaturated/α-hetero) is 1. The first-order valence-electron chi connectivity index (χ1n) is 12.2. The largest absolute Gasteiger partial charge is 0.480 e. The highest BCUT2D eigenvalue weighted by Gasteiger charge is 2.31. The summed E-state index contributed by atoms with van der Waals surface area (Å²) in [7, 11) is 1.69. The number of aryl methyl sites for hydroxylation is 1. The second-order valence-corrected chi connectivity index (χ2v) is 9.16. The molecule has 1 heterocycles. The molecule has 2 atom stereocenters. The number of amides is 2. The van der Waals surface area contributed by atoms with Gasteiger partial charge < -0.3 is 15.7 Å². The van der Waals surface area contributed by atoms with Crippen molar-refractivity contribution < 1.29 is 24.3 Å². The maximum Gasteiger partial charge on any atom is 0.326 e. The summed E-state index contributed by atoms with van der Waals surface area (Å²) in [5, 5.41) is 18.9. The Labute approximate surface area is 205 Å². The predicted molar refractivity (Wildman–Crippen MR) is 130 cm³/mol. The van der Waals surface area contributed by atoms with Crippen molar-refractivity contribution in [3.05, 3.63) is 53.3 Å². The van der Waals surface area contributed by atoms with E-state index in [9.17, 15) is 24.3 Å². The first-order valence-corrected chi connectivity index (χ1v) is 12.2. The maximum absolute atomic E-state index is 13.3. The minimum Gasteiger partial charge on any atom is -0.480 e. The summed E-state index contributed by atoms with van der Waals surface area (Å²) >= 11 is 0. The molecule has 0 bridgehead atoms. The second kappa shape index (κ2) is 12.3. The smallest absolute Gasteiger partial charge is 0.326 e. The zero-order valence-corrected chi connectivity index (χ0v) is 20.3. The number of nitrogens with zero attached hydrogens (tertiary/aromatic N) is 2. The Morgan fingerprint density at radius 1 is 1.03 bits per heavy atom. The molecule has 3 rings (SSSR count). The predicted octanol–water partition coefficient (Wildman–Crippen LogP) is 2.43. The van der Waals surface area contributed by atoms with Crippen LogP contribution in [0, 0.1) is 5.92 Å². The van der Waals surface area contributed by atoms with Crippen LogP contribution in [0.4, 0.5) is 0 Å². The average Bonchev–Trinajstić information content (AvgIpc) is 3.29. The van der Waals surface area contributed by atoms with E-state index in [1.165, 1.54) is 4.68 Å². The average molecular weight is 483 g/mol. The van der Waals surface area contributed by atoms with Gasteiger partial charge in [0.1, 0.15) is 11.7 Å². The fourth-order valence-electron chi connectivity index (χ4n) is 4.58. The van der Waals surface area contributed by atoms with Crippen LogP contribution in [0.3, 0.4) is 0 Å². The molecule has 188 valence electrons. The van der Waals surface area contributed by atoms with E-state index in [1.54, 1.807) is 50.5 Å².